The Morgan fingerprint density at radius 1 is 0.885 bits per heavy atom. The minimum absolute atomic E-state index is 0.910. The molecule has 0 aliphatic carbocycles. The number of hydrogen-bond acceptors (Lipinski definition) is 6. The van der Waals surface area contributed by atoms with E-state index in [9.17, 15) is 0 Å². The quantitative estimate of drug-likeness (QED) is 0.560. The van der Waals surface area contributed by atoms with Crippen molar-refractivity contribution in [2.75, 3.05) is 36.0 Å². The third-order valence-corrected chi connectivity index (χ3v) is 5.47. The summed E-state index contributed by atoms with van der Waals surface area (Å²) < 4.78 is 1.96. The van der Waals surface area contributed by atoms with E-state index in [1.807, 2.05) is 41.3 Å². The van der Waals surface area contributed by atoms with Gasteiger partial charge in [-0.3, -0.25) is 0 Å². The number of piperazine rings is 1. The van der Waals surface area contributed by atoms with E-state index in [1.54, 1.807) is 11.3 Å². The smallest absolute Gasteiger partial charge is 0.165 e. The number of pyridine rings is 1. The Morgan fingerprint density at radius 2 is 1.77 bits per heavy atom. The van der Waals surface area contributed by atoms with Gasteiger partial charge in [-0.1, -0.05) is 6.07 Å². The van der Waals surface area contributed by atoms with Gasteiger partial charge in [0.25, 0.3) is 0 Å². The van der Waals surface area contributed by atoms with E-state index >= 15 is 0 Å². The van der Waals surface area contributed by atoms with Gasteiger partial charge in [0.05, 0.1) is 6.20 Å². The first-order valence-corrected chi connectivity index (χ1v) is 9.61. The molecule has 7 heteroatoms. The van der Waals surface area contributed by atoms with Crippen molar-refractivity contribution in [3.8, 4) is 11.1 Å². The Balaban J connectivity index is 1.42. The summed E-state index contributed by atoms with van der Waals surface area (Å²) in [5, 5.41) is 8.84. The van der Waals surface area contributed by atoms with Gasteiger partial charge in [0, 0.05) is 44.1 Å². The summed E-state index contributed by atoms with van der Waals surface area (Å²) in [6.07, 6.45) is 5.65. The minimum atomic E-state index is 0.910. The number of rotatable bonds is 3. The first-order valence-electron chi connectivity index (χ1n) is 8.66. The van der Waals surface area contributed by atoms with Gasteiger partial charge >= 0.3 is 0 Å². The first-order chi connectivity index (χ1) is 12.9. The number of anilines is 2. The molecule has 1 aliphatic heterocycles. The van der Waals surface area contributed by atoms with Crippen LogP contribution in [0.4, 0.5) is 11.6 Å². The SMILES string of the molecule is c1ccc(N2CCN(c3ccnc4c(-c5ccsc5)cnn34)CC2)nc1. The molecular weight excluding hydrogens is 344 g/mol. The van der Waals surface area contributed by atoms with Crippen molar-refractivity contribution in [3.05, 3.63) is 59.7 Å². The number of nitrogens with zero attached hydrogens (tertiary/aromatic N) is 6. The average Bonchev–Trinajstić information content (AvgIpc) is 3.38. The monoisotopic (exact) mass is 362 g/mol. The van der Waals surface area contributed by atoms with Crippen molar-refractivity contribution >= 4 is 28.6 Å². The van der Waals surface area contributed by atoms with Crippen LogP contribution in [0.2, 0.25) is 0 Å². The van der Waals surface area contributed by atoms with Gasteiger partial charge in [0.2, 0.25) is 0 Å². The molecule has 1 aliphatic rings. The van der Waals surface area contributed by atoms with Crippen LogP contribution in [0.1, 0.15) is 0 Å². The van der Waals surface area contributed by atoms with E-state index in [-0.39, 0.29) is 0 Å². The molecule has 0 unspecified atom stereocenters. The molecule has 0 atom stereocenters. The van der Waals surface area contributed by atoms with Crippen LogP contribution in [0.25, 0.3) is 16.8 Å². The highest BCUT2D eigenvalue weighted by molar-refractivity contribution is 7.08. The van der Waals surface area contributed by atoms with Crippen LogP contribution in [-0.4, -0.2) is 45.8 Å². The highest BCUT2D eigenvalue weighted by Crippen LogP contribution is 2.28. The fourth-order valence-corrected chi connectivity index (χ4v) is 4.10. The maximum atomic E-state index is 4.62. The molecule has 0 spiro atoms. The molecule has 0 bridgehead atoms. The summed E-state index contributed by atoms with van der Waals surface area (Å²) in [7, 11) is 0. The second kappa shape index (κ2) is 6.42. The van der Waals surface area contributed by atoms with Crippen molar-refractivity contribution in [2.45, 2.75) is 0 Å². The molecule has 6 nitrogen and oxygen atoms in total. The predicted octanol–water partition coefficient (Wildman–Crippen LogP) is 3.18. The van der Waals surface area contributed by atoms with Crippen molar-refractivity contribution in [1.29, 1.82) is 0 Å². The van der Waals surface area contributed by atoms with E-state index in [1.165, 1.54) is 5.56 Å². The summed E-state index contributed by atoms with van der Waals surface area (Å²) in [5.74, 6) is 2.14. The largest absolute Gasteiger partial charge is 0.353 e. The Morgan fingerprint density at radius 3 is 2.54 bits per heavy atom. The molecule has 5 rings (SSSR count). The summed E-state index contributed by atoms with van der Waals surface area (Å²) in [4.78, 5) is 13.7. The van der Waals surface area contributed by atoms with Gasteiger partial charge in [0.1, 0.15) is 11.6 Å². The average molecular weight is 362 g/mol. The highest BCUT2D eigenvalue weighted by atomic mass is 32.1. The van der Waals surface area contributed by atoms with Gasteiger partial charge in [0.15, 0.2) is 5.65 Å². The first kappa shape index (κ1) is 15.3. The summed E-state index contributed by atoms with van der Waals surface area (Å²) in [6.45, 7) is 3.76. The molecule has 5 heterocycles. The molecule has 4 aromatic rings. The van der Waals surface area contributed by atoms with Gasteiger partial charge in [-0.05, 0) is 40.6 Å². The minimum Gasteiger partial charge on any atom is -0.353 e. The zero-order valence-electron chi connectivity index (χ0n) is 14.2. The molecule has 0 N–H and O–H groups in total. The van der Waals surface area contributed by atoms with Crippen LogP contribution in [-0.2, 0) is 0 Å². The van der Waals surface area contributed by atoms with Crippen molar-refractivity contribution in [1.82, 2.24) is 19.6 Å². The maximum Gasteiger partial charge on any atom is 0.165 e. The molecule has 0 radical (unpaired) electrons. The third-order valence-electron chi connectivity index (χ3n) is 4.79. The molecule has 1 saturated heterocycles. The van der Waals surface area contributed by atoms with Crippen molar-refractivity contribution < 1.29 is 0 Å². The van der Waals surface area contributed by atoms with Crippen LogP contribution in [0.5, 0.6) is 0 Å². The number of hydrogen-bond donors (Lipinski definition) is 0. The summed E-state index contributed by atoms with van der Waals surface area (Å²) in [6, 6.07) is 10.2. The lowest BCUT2D eigenvalue weighted by Crippen LogP contribution is -2.47. The van der Waals surface area contributed by atoms with Gasteiger partial charge < -0.3 is 9.80 Å². The lowest BCUT2D eigenvalue weighted by molar-refractivity contribution is 0.633. The van der Waals surface area contributed by atoms with Crippen LogP contribution >= 0.6 is 11.3 Å². The number of fused-ring (bicyclic) bond motifs is 1. The van der Waals surface area contributed by atoms with E-state index in [0.29, 0.717) is 0 Å². The van der Waals surface area contributed by atoms with Crippen LogP contribution in [0.3, 0.4) is 0 Å². The summed E-state index contributed by atoms with van der Waals surface area (Å²) >= 11 is 1.69. The lowest BCUT2D eigenvalue weighted by atomic mass is 10.2. The molecule has 0 amide bonds. The zero-order chi connectivity index (χ0) is 17.3. The lowest BCUT2D eigenvalue weighted by Gasteiger charge is -2.36. The number of aromatic nitrogens is 4. The second-order valence-electron chi connectivity index (χ2n) is 6.27. The van der Waals surface area contributed by atoms with E-state index in [4.69, 9.17) is 0 Å². The molecule has 130 valence electrons. The molecule has 4 aromatic heterocycles. The van der Waals surface area contributed by atoms with Gasteiger partial charge in [-0.25, -0.2) is 9.97 Å². The molecular formula is C19H18N6S. The molecule has 26 heavy (non-hydrogen) atoms. The van der Waals surface area contributed by atoms with Crippen molar-refractivity contribution in [3.63, 3.8) is 0 Å². The van der Waals surface area contributed by atoms with Gasteiger partial charge in [-0.2, -0.15) is 21.0 Å². The Labute approximate surface area is 155 Å². The van der Waals surface area contributed by atoms with E-state index < -0.39 is 0 Å². The van der Waals surface area contributed by atoms with E-state index in [2.05, 4.69) is 47.8 Å². The molecule has 0 aromatic carbocycles. The van der Waals surface area contributed by atoms with Crippen molar-refractivity contribution in [2.24, 2.45) is 0 Å². The zero-order valence-corrected chi connectivity index (χ0v) is 15.0. The fourth-order valence-electron chi connectivity index (χ4n) is 3.45. The normalized spacial score (nSPS) is 14.9. The third kappa shape index (κ3) is 2.61. The maximum absolute atomic E-state index is 4.62. The van der Waals surface area contributed by atoms with Gasteiger partial charge in [-0.15, -0.1) is 0 Å². The van der Waals surface area contributed by atoms with E-state index in [0.717, 1.165) is 49.0 Å². The molecule has 0 saturated carbocycles. The predicted molar refractivity (Wildman–Crippen MR) is 105 cm³/mol. The molecule has 1 fully saturated rings. The second-order valence-corrected chi connectivity index (χ2v) is 7.05. The van der Waals surface area contributed by atoms with Crippen LogP contribution in [0.15, 0.2) is 59.7 Å². The highest BCUT2D eigenvalue weighted by Gasteiger charge is 2.21. The fraction of sp³-hybridized carbons (Fsp3) is 0.211. The number of thiophene rings is 1. The van der Waals surface area contributed by atoms with Crippen LogP contribution in [0, 0.1) is 0 Å². The Bertz CT molecular complexity index is 1000. The summed E-state index contributed by atoms with van der Waals surface area (Å²) in [5.41, 5.74) is 3.17. The topological polar surface area (TPSA) is 49.6 Å². The Hall–Kier alpha value is -2.93. The Kier molecular flexibility index (Phi) is 3.79. The standard InChI is InChI=1S/C19H18N6S/c1-2-6-20-17(3-1)23-8-10-24(11-9-23)18-4-7-21-19-16(13-22-25(18)19)15-5-12-26-14-15/h1-7,12-14H,8-11H2. The van der Waals surface area contributed by atoms with Crippen LogP contribution < -0.4 is 9.80 Å².